The van der Waals surface area contributed by atoms with Gasteiger partial charge in [0.2, 0.25) is 5.88 Å². The third-order valence-electron chi connectivity index (χ3n) is 3.16. The van der Waals surface area contributed by atoms with Crippen LogP contribution in [-0.4, -0.2) is 16.0 Å². The Bertz CT molecular complexity index is 790. The molecule has 0 fully saturated rings. The first-order chi connectivity index (χ1) is 10.6. The van der Waals surface area contributed by atoms with Crippen LogP contribution in [0.5, 0.6) is 0 Å². The van der Waals surface area contributed by atoms with Crippen LogP contribution in [0.15, 0.2) is 53.2 Å². The molecule has 3 aromatic rings. The molecule has 5 nitrogen and oxygen atoms in total. The van der Waals surface area contributed by atoms with Crippen molar-refractivity contribution in [2.45, 2.75) is 13.8 Å². The van der Waals surface area contributed by atoms with E-state index in [0.717, 1.165) is 11.1 Å². The number of aromatic nitrogens is 2. The molecule has 0 saturated carbocycles. The van der Waals surface area contributed by atoms with Gasteiger partial charge in [0.05, 0.1) is 5.69 Å². The van der Waals surface area contributed by atoms with Crippen LogP contribution in [0, 0.1) is 13.8 Å². The number of pyridine rings is 1. The molecule has 1 aromatic carbocycles. The number of nitrogens with one attached hydrogen (secondary N) is 1. The lowest BCUT2D eigenvalue weighted by atomic mass is 10.1. The Balaban J connectivity index is 1.79. The van der Waals surface area contributed by atoms with E-state index in [1.54, 1.807) is 12.3 Å². The Morgan fingerprint density at radius 2 is 1.82 bits per heavy atom. The van der Waals surface area contributed by atoms with Gasteiger partial charge in [-0.25, -0.2) is 0 Å². The Labute approximate surface area is 128 Å². The Hall–Kier alpha value is -2.95. The Morgan fingerprint density at radius 3 is 2.50 bits per heavy atom. The number of hydrogen-bond acceptors (Lipinski definition) is 4. The fourth-order valence-electron chi connectivity index (χ4n) is 2.26. The van der Waals surface area contributed by atoms with Gasteiger partial charge in [0.1, 0.15) is 5.69 Å². The lowest BCUT2D eigenvalue weighted by Gasteiger charge is -2.04. The van der Waals surface area contributed by atoms with Crippen molar-refractivity contribution in [2.75, 3.05) is 5.32 Å². The first kappa shape index (κ1) is 14.0. The largest absolute Gasteiger partial charge is 0.338 e. The van der Waals surface area contributed by atoms with E-state index < -0.39 is 0 Å². The van der Waals surface area contributed by atoms with Crippen molar-refractivity contribution in [1.82, 2.24) is 10.1 Å². The lowest BCUT2D eigenvalue weighted by Crippen LogP contribution is -2.11. The normalized spacial score (nSPS) is 10.5. The molecule has 3 rings (SSSR count). The number of anilines is 1. The molecule has 0 radical (unpaired) electrons. The second-order valence-corrected chi connectivity index (χ2v) is 5.12. The van der Waals surface area contributed by atoms with Crippen LogP contribution in [0.1, 0.15) is 21.5 Å². The summed E-state index contributed by atoms with van der Waals surface area (Å²) in [7, 11) is 0. The summed E-state index contributed by atoms with van der Waals surface area (Å²) in [5, 5.41) is 6.62. The van der Waals surface area contributed by atoms with Gasteiger partial charge >= 0.3 is 0 Å². The molecule has 0 saturated heterocycles. The molecule has 1 N–H and O–H groups in total. The molecule has 0 atom stereocenters. The molecule has 0 bridgehead atoms. The van der Waals surface area contributed by atoms with Crippen LogP contribution in [0.25, 0.3) is 11.4 Å². The van der Waals surface area contributed by atoms with Gasteiger partial charge in [0, 0.05) is 17.8 Å². The molecule has 0 unspecified atom stereocenters. The van der Waals surface area contributed by atoms with Gasteiger partial charge in [0.25, 0.3) is 5.91 Å². The van der Waals surface area contributed by atoms with Crippen molar-refractivity contribution >= 4 is 11.8 Å². The average Bonchev–Trinajstić information content (AvgIpc) is 2.95. The third kappa shape index (κ3) is 3.03. The number of hydrogen-bond donors (Lipinski definition) is 1. The van der Waals surface area contributed by atoms with Crippen LogP contribution >= 0.6 is 0 Å². The van der Waals surface area contributed by atoms with Crippen molar-refractivity contribution in [2.24, 2.45) is 0 Å². The number of aryl methyl sites for hydroxylation is 2. The summed E-state index contributed by atoms with van der Waals surface area (Å²) in [6, 6.07) is 12.9. The summed E-state index contributed by atoms with van der Waals surface area (Å²) < 4.78 is 5.15. The summed E-state index contributed by atoms with van der Waals surface area (Å²) in [6.45, 7) is 3.91. The highest BCUT2D eigenvalue weighted by molar-refractivity contribution is 6.03. The van der Waals surface area contributed by atoms with Crippen molar-refractivity contribution in [3.05, 3.63) is 65.4 Å². The molecule has 22 heavy (non-hydrogen) atoms. The number of benzene rings is 1. The van der Waals surface area contributed by atoms with E-state index in [0.29, 0.717) is 22.8 Å². The summed E-state index contributed by atoms with van der Waals surface area (Å²) in [5.41, 5.74) is 3.94. The highest BCUT2D eigenvalue weighted by atomic mass is 16.5. The van der Waals surface area contributed by atoms with Crippen molar-refractivity contribution in [3.63, 3.8) is 0 Å². The smallest absolute Gasteiger partial charge is 0.258 e. The van der Waals surface area contributed by atoms with Gasteiger partial charge in [0.15, 0.2) is 0 Å². The number of rotatable bonds is 3. The number of carbonyl (C=O) groups is 1. The molecule has 0 spiro atoms. The molecular weight excluding hydrogens is 278 g/mol. The SMILES string of the molecule is Cc1cc(C)cc(C(=O)Nc2cc(-c3ccccn3)no2)c1. The summed E-state index contributed by atoms with van der Waals surface area (Å²) in [6.07, 6.45) is 1.68. The minimum atomic E-state index is -0.226. The van der Waals surface area contributed by atoms with E-state index in [9.17, 15) is 4.79 Å². The molecule has 2 heterocycles. The fraction of sp³-hybridized carbons (Fsp3) is 0.118. The van der Waals surface area contributed by atoms with E-state index in [1.165, 1.54) is 0 Å². The van der Waals surface area contributed by atoms with Crippen LogP contribution in [0.3, 0.4) is 0 Å². The van der Waals surface area contributed by atoms with Gasteiger partial charge in [-0.2, -0.15) is 0 Å². The minimum Gasteiger partial charge on any atom is -0.338 e. The maximum absolute atomic E-state index is 12.2. The Morgan fingerprint density at radius 1 is 1.05 bits per heavy atom. The molecule has 1 amide bonds. The molecule has 0 aliphatic heterocycles. The highest BCUT2D eigenvalue weighted by Gasteiger charge is 2.12. The topological polar surface area (TPSA) is 68.0 Å². The maximum atomic E-state index is 12.2. The third-order valence-corrected chi connectivity index (χ3v) is 3.16. The molecule has 5 heteroatoms. The van der Waals surface area contributed by atoms with Gasteiger partial charge in [-0.15, -0.1) is 0 Å². The predicted octanol–water partition coefficient (Wildman–Crippen LogP) is 3.61. The van der Waals surface area contributed by atoms with E-state index >= 15 is 0 Å². The number of nitrogens with zero attached hydrogens (tertiary/aromatic N) is 2. The summed E-state index contributed by atoms with van der Waals surface area (Å²) in [5.74, 6) is 0.0698. The van der Waals surface area contributed by atoms with E-state index in [1.807, 2.05) is 50.2 Å². The molecule has 110 valence electrons. The zero-order chi connectivity index (χ0) is 15.5. The minimum absolute atomic E-state index is 0.226. The Kier molecular flexibility index (Phi) is 3.70. The van der Waals surface area contributed by atoms with E-state index in [4.69, 9.17) is 4.52 Å². The number of amides is 1. The summed E-state index contributed by atoms with van der Waals surface area (Å²) >= 11 is 0. The molecular formula is C17H15N3O2. The van der Waals surface area contributed by atoms with Gasteiger partial charge < -0.3 is 4.52 Å². The molecule has 0 aliphatic carbocycles. The maximum Gasteiger partial charge on any atom is 0.258 e. The first-order valence-electron chi connectivity index (χ1n) is 6.89. The van der Waals surface area contributed by atoms with Gasteiger partial charge in [-0.05, 0) is 38.1 Å². The zero-order valence-corrected chi connectivity index (χ0v) is 12.3. The molecule has 2 aromatic heterocycles. The van der Waals surface area contributed by atoms with Crippen LogP contribution < -0.4 is 5.32 Å². The van der Waals surface area contributed by atoms with E-state index in [2.05, 4.69) is 15.5 Å². The van der Waals surface area contributed by atoms with E-state index in [-0.39, 0.29) is 5.91 Å². The standard InChI is InChI=1S/C17H15N3O2/c1-11-7-12(2)9-13(8-11)17(21)19-16-10-15(20-22-16)14-5-3-4-6-18-14/h3-10H,1-2H3,(H,19,21). The zero-order valence-electron chi connectivity index (χ0n) is 12.3. The van der Waals surface area contributed by atoms with Crippen molar-refractivity contribution in [3.8, 4) is 11.4 Å². The second-order valence-electron chi connectivity index (χ2n) is 5.12. The highest BCUT2D eigenvalue weighted by Crippen LogP contribution is 2.20. The van der Waals surface area contributed by atoms with Gasteiger partial charge in [-0.1, -0.05) is 28.4 Å². The fourth-order valence-corrected chi connectivity index (χ4v) is 2.26. The van der Waals surface area contributed by atoms with Gasteiger partial charge in [-0.3, -0.25) is 15.1 Å². The van der Waals surface area contributed by atoms with Crippen LogP contribution in [0.2, 0.25) is 0 Å². The number of carbonyl (C=O) groups excluding carboxylic acids is 1. The van der Waals surface area contributed by atoms with Crippen LogP contribution in [-0.2, 0) is 0 Å². The lowest BCUT2D eigenvalue weighted by molar-refractivity contribution is 0.102. The summed E-state index contributed by atoms with van der Waals surface area (Å²) in [4.78, 5) is 16.4. The second kappa shape index (κ2) is 5.81. The van der Waals surface area contributed by atoms with Crippen molar-refractivity contribution < 1.29 is 9.32 Å². The van der Waals surface area contributed by atoms with Crippen LogP contribution in [0.4, 0.5) is 5.88 Å². The molecule has 0 aliphatic rings. The van der Waals surface area contributed by atoms with Crippen molar-refractivity contribution in [1.29, 1.82) is 0 Å². The first-order valence-corrected chi connectivity index (χ1v) is 6.89. The average molecular weight is 293 g/mol. The quantitative estimate of drug-likeness (QED) is 0.801. The monoisotopic (exact) mass is 293 g/mol. The predicted molar refractivity (Wildman–Crippen MR) is 83.6 cm³/mol.